The van der Waals surface area contributed by atoms with Gasteiger partial charge < -0.3 is 15.4 Å². The van der Waals surface area contributed by atoms with Crippen molar-refractivity contribution in [1.82, 2.24) is 5.32 Å². The van der Waals surface area contributed by atoms with E-state index in [9.17, 15) is 22.8 Å². The third-order valence-corrected chi connectivity index (χ3v) is 3.69. The van der Waals surface area contributed by atoms with Crippen molar-refractivity contribution >= 4 is 17.5 Å². The SMILES string of the molecule is Cc1ccc(C)c(OCCC(=O)NCC(=O)Nc2ccc(F)c(F)c2F)c1. The van der Waals surface area contributed by atoms with E-state index in [2.05, 4.69) is 10.6 Å². The van der Waals surface area contributed by atoms with Gasteiger partial charge in [-0.25, -0.2) is 13.2 Å². The molecule has 0 saturated carbocycles. The minimum atomic E-state index is -1.68. The Labute approximate surface area is 154 Å². The van der Waals surface area contributed by atoms with Crippen molar-refractivity contribution in [3.8, 4) is 5.75 Å². The first kappa shape index (κ1) is 20.3. The molecule has 2 rings (SSSR count). The van der Waals surface area contributed by atoms with Gasteiger partial charge in [-0.3, -0.25) is 9.59 Å². The van der Waals surface area contributed by atoms with Crippen molar-refractivity contribution in [3.63, 3.8) is 0 Å². The van der Waals surface area contributed by atoms with Gasteiger partial charge in [-0.15, -0.1) is 0 Å². The molecule has 27 heavy (non-hydrogen) atoms. The fourth-order valence-corrected chi connectivity index (χ4v) is 2.20. The molecule has 8 heteroatoms. The summed E-state index contributed by atoms with van der Waals surface area (Å²) >= 11 is 0. The molecule has 0 aliphatic heterocycles. The molecule has 2 aromatic rings. The van der Waals surface area contributed by atoms with Gasteiger partial charge in [-0.2, -0.15) is 0 Å². The standard InChI is InChI=1S/C19H19F3N2O3/c1-11-3-4-12(2)15(9-11)27-8-7-16(25)23-10-17(26)24-14-6-5-13(20)18(21)19(14)22/h3-6,9H,7-8,10H2,1-2H3,(H,23,25)(H,24,26). The van der Waals surface area contributed by atoms with Crippen LogP contribution in [-0.4, -0.2) is 25.0 Å². The van der Waals surface area contributed by atoms with E-state index >= 15 is 0 Å². The van der Waals surface area contributed by atoms with Crippen LogP contribution in [0.15, 0.2) is 30.3 Å². The number of aryl methyl sites for hydroxylation is 2. The normalized spacial score (nSPS) is 10.4. The number of benzene rings is 2. The lowest BCUT2D eigenvalue weighted by atomic mass is 10.1. The van der Waals surface area contributed by atoms with E-state index < -0.39 is 41.5 Å². The summed E-state index contributed by atoms with van der Waals surface area (Å²) in [5.41, 5.74) is 1.46. The Morgan fingerprint density at radius 3 is 2.48 bits per heavy atom. The Morgan fingerprint density at radius 2 is 1.74 bits per heavy atom. The van der Waals surface area contributed by atoms with Crippen LogP contribution < -0.4 is 15.4 Å². The molecule has 144 valence electrons. The van der Waals surface area contributed by atoms with Gasteiger partial charge >= 0.3 is 0 Å². The van der Waals surface area contributed by atoms with E-state index in [0.717, 1.165) is 17.2 Å². The van der Waals surface area contributed by atoms with E-state index in [-0.39, 0.29) is 13.0 Å². The molecular formula is C19H19F3N2O3. The molecule has 0 aliphatic carbocycles. The highest BCUT2D eigenvalue weighted by Crippen LogP contribution is 2.20. The highest BCUT2D eigenvalue weighted by atomic mass is 19.2. The van der Waals surface area contributed by atoms with Crippen molar-refractivity contribution in [1.29, 1.82) is 0 Å². The topological polar surface area (TPSA) is 67.4 Å². The lowest BCUT2D eigenvalue weighted by Crippen LogP contribution is -2.33. The summed E-state index contributed by atoms with van der Waals surface area (Å²) in [6.45, 7) is 3.49. The van der Waals surface area contributed by atoms with Crippen LogP contribution in [0.2, 0.25) is 0 Å². The zero-order valence-corrected chi connectivity index (χ0v) is 14.9. The van der Waals surface area contributed by atoms with Gasteiger partial charge in [0.2, 0.25) is 11.8 Å². The number of hydrogen-bond acceptors (Lipinski definition) is 3. The third kappa shape index (κ3) is 5.73. The smallest absolute Gasteiger partial charge is 0.243 e. The summed E-state index contributed by atoms with van der Waals surface area (Å²) < 4.78 is 45.0. The lowest BCUT2D eigenvalue weighted by Gasteiger charge is -2.11. The van der Waals surface area contributed by atoms with E-state index in [1.807, 2.05) is 32.0 Å². The molecule has 0 unspecified atom stereocenters. The first-order chi connectivity index (χ1) is 12.8. The van der Waals surface area contributed by atoms with Crippen molar-refractivity contribution < 1.29 is 27.5 Å². The van der Waals surface area contributed by atoms with Gasteiger partial charge in [0.1, 0.15) is 5.75 Å². The van der Waals surface area contributed by atoms with Crippen LogP contribution in [0.5, 0.6) is 5.75 Å². The van der Waals surface area contributed by atoms with Crippen molar-refractivity contribution in [2.24, 2.45) is 0 Å². The first-order valence-corrected chi connectivity index (χ1v) is 8.18. The van der Waals surface area contributed by atoms with Crippen LogP contribution in [-0.2, 0) is 9.59 Å². The Bertz CT molecular complexity index is 856. The molecular weight excluding hydrogens is 361 g/mol. The van der Waals surface area contributed by atoms with E-state index in [4.69, 9.17) is 4.74 Å². The highest BCUT2D eigenvalue weighted by molar-refractivity contribution is 5.94. The molecule has 0 fully saturated rings. The molecule has 0 saturated heterocycles. The van der Waals surface area contributed by atoms with Crippen LogP contribution in [0.4, 0.5) is 18.9 Å². The van der Waals surface area contributed by atoms with Crippen LogP contribution >= 0.6 is 0 Å². The molecule has 0 heterocycles. The maximum atomic E-state index is 13.5. The number of anilines is 1. The quantitative estimate of drug-likeness (QED) is 0.725. The van der Waals surface area contributed by atoms with Gasteiger partial charge in [-0.1, -0.05) is 12.1 Å². The average molecular weight is 380 g/mol. The maximum absolute atomic E-state index is 13.5. The summed E-state index contributed by atoms with van der Waals surface area (Å²) in [5.74, 6) is -5.08. The van der Waals surface area contributed by atoms with Gasteiger partial charge in [0, 0.05) is 0 Å². The van der Waals surface area contributed by atoms with E-state index in [0.29, 0.717) is 11.8 Å². The van der Waals surface area contributed by atoms with E-state index in [1.165, 1.54) is 0 Å². The molecule has 0 aromatic heterocycles. The number of carbonyl (C=O) groups excluding carboxylic acids is 2. The monoisotopic (exact) mass is 380 g/mol. The van der Waals surface area contributed by atoms with Gasteiger partial charge in [0.25, 0.3) is 0 Å². The Balaban J connectivity index is 1.76. The second-order valence-corrected chi connectivity index (χ2v) is 5.92. The molecule has 0 bridgehead atoms. The number of rotatable bonds is 7. The van der Waals surface area contributed by atoms with Crippen molar-refractivity contribution in [2.75, 3.05) is 18.5 Å². The summed E-state index contributed by atoms with van der Waals surface area (Å²) in [6, 6.07) is 7.30. The predicted molar refractivity (Wildman–Crippen MR) is 94.0 cm³/mol. The molecule has 2 N–H and O–H groups in total. The fourth-order valence-electron chi connectivity index (χ4n) is 2.20. The van der Waals surface area contributed by atoms with Crippen LogP contribution in [0.3, 0.4) is 0 Å². The van der Waals surface area contributed by atoms with E-state index in [1.54, 1.807) is 0 Å². The molecule has 2 amide bonds. The third-order valence-electron chi connectivity index (χ3n) is 3.69. The highest BCUT2D eigenvalue weighted by Gasteiger charge is 2.15. The molecule has 0 radical (unpaired) electrons. The zero-order chi connectivity index (χ0) is 20.0. The average Bonchev–Trinajstić information content (AvgIpc) is 2.63. The summed E-state index contributed by atoms with van der Waals surface area (Å²) in [7, 11) is 0. The van der Waals surface area contributed by atoms with Crippen molar-refractivity contribution in [3.05, 3.63) is 58.9 Å². The van der Waals surface area contributed by atoms with Crippen LogP contribution in [0.25, 0.3) is 0 Å². The minimum Gasteiger partial charge on any atom is -0.493 e. The number of halogens is 3. The van der Waals surface area contributed by atoms with Crippen LogP contribution in [0, 0.1) is 31.3 Å². The number of nitrogens with one attached hydrogen (secondary N) is 2. The number of amides is 2. The lowest BCUT2D eigenvalue weighted by molar-refractivity contribution is -0.124. The largest absolute Gasteiger partial charge is 0.493 e. The molecule has 2 aromatic carbocycles. The molecule has 0 aliphatic rings. The summed E-state index contributed by atoms with van der Waals surface area (Å²) in [6.07, 6.45) is 0.0141. The summed E-state index contributed by atoms with van der Waals surface area (Å²) in [5, 5.41) is 4.40. The molecule has 5 nitrogen and oxygen atoms in total. The fraction of sp³-hybridized carbons (Fsp3) is 0.263. The van der Waals surface area contributed by atoms with Gasteiger partial charge in [0.15, 0.2) is 17.5 Å². The number of hydrogen-bond donors (Lipinski definition) is 2. The van der Waals surface area contributed by atoms with Crippen molar-refractivity contribution in [2.45, 2.75) is 20.3 Å². The minimum absolute atomic E-state index is 0.0141. The Kier molecular flexibility index (Phi) is 6.81. The number of carbonyl (C=O) groups is 2. The van der Waals surface area contributed by atoms with Gasteiger partial charge in [-0.05, 0) is 43.2 Å². The Hall–Kier alpha value is -3.03. The summed E-state index contributed by atoms with van der Waals surface area (Å²) in [4.78, 5) is 23.5. The first-order valence-electron chi connectivity index (χ1n) is 8.18. The second-order valence-electron chi connectivity index (χ2n) is 5.92. The zero-order valence-electron chi connectivity index (χ0n) is 14.9. The maximum Gasteiger partial charge on any atom is 0.243 e. The number of ether oxygens (including phenoxy) is 1. The predicted octanol–water partition coefficient (Wildman–Crippen LogP) is 3.24. The van der Waals surface area contributed by atoms with Gasteiger partial charge in [0.05, 0.1) is 25.3 Å². The Morgan fingerprint density at radius 1 is 1.00 bits per heavy atom. The second kappa shape index (κ2) is 9.07. The van der Waals surface area contributed by atoms with Crippen LogP contribution in [0.1, 0.15) is 17.5 Å². The molecule has 0 atom stereocenters. The molecule has 0 spiro atoms.